The molecule has 5 nitrogen and oxygen atoms in total. The Kier molecular flexibility index (Phi) is 14.2. The van der Waals surface area contributed by atoms with Gasteiger partial charge >= 0.3 is 0 Å². The molecule has 5 heteroatoms. The van der Waals surface area contributed by atoms with Crippen LogP contribution in [0, 0.1) is 5.41 Å². The van der Waals surface area contributed by atoms with Crippen molar-refractivity contribution in [3.63, 3.8) is 0 Å². The van der Waals surface area contributed by atoms with Gasteiger partial charge in [-0.3, -0.25) is 10.4 Å². The third-order valence-electron chi connectivity index (χ3n) is 11.0. The van der Waals surface area contributed by atoms with Crippen molar-refractivity contribution in [2.24, 2.45) is 4.99 Å². The van der Waals surface area contributed by atoms with Crippen LogP contribution in [0.3, 0.4) is 0 Å². The Morgan fingerprint density at radius 3 is 2.11 bits per heavy atom. The molecule has 0 bridgehead atoms. The minimum Gasteiger partial charge on any atom is -0.355 e. The van der Waals surface area contributed by atoms with Gasteiger partial charge in [-0.25, -0.2) is 9.98 Å². The molecule has 0 aliphatic heterocycles. The fourth-order valence-corrected chi connectivity index (χ4v) is 7.78. The van der Waals surface area contributed by atoms with E-state index in [-0.39, 0.29) is 11.8 Å². The van der Waals surface area contributed by atoms with Crippen LogP contribution < -0.4 is 0 Å². The van der Waals surface area contributed by atoms with E-state index in [0.29, 0.717) is 12.4 Å². The average Bonchev–Trinajstić information content (AvgIpc) is 3.32. The molecule has 1 unspecified atom stereocenters. The third-order valence-corrected chi connectivity index (χ3v) is 11.0. The summed E-state index contributed by atoms with van der Waals surface area (Å²) < 4.78 is 0. The fourth-order valence-electron chi connectivity index (χ4n) is 7.78. The Bertz CT molecular complexity index is 2660. The molecule has 1 N–H and O–H groups in total. The fraction of sp³-hybridized carbons (Fsp3) is 0.143. The number of aliphatic imine (C=N–C) groups is 1. The van der Waals surface area contributed by atoms with Crippen LogP contribution in [-0.4, -0.2) is 33.6 Å². The number of hydrogen-bond acceptors (Lipinski definition) is 3. The first kappa shape index (κ1) is 41.9. The van der Waals surface area contributed by atoms with E-state index in [9.17, 15) is 0 Å². The Hall–Kier alpha value is -7.24. The summed E-state index contributed by atoms with van der Waals surface area (Å²) in [4.78, 5) is 17.0. The highest BCUT2D eigenvalue weighted by molar-refractivity contribution is 6.10. The summed E-state index contributed by atoms with van der Waals surface area (Å²) in [6.07, 6.45) is 14.0. The molecule has 1 atom stereocenters. The molecule has 0 fully saturated rings. The molecule has 0 aliphatic carbocycles. The van der Waals surface area contributed by atoms with E-state index in [1.807, 2.05) is 68.8 Å². The van der Waals surface area contributed by atoms with Gasteiger partial charge in [-0.2, -0.15) is 0 Å². The highest BCUT2D eigenvalue weighted by Crippen LogP contribution is 2.39. The van der Waals surface area contributed by atoms with Crippen LogP contribution in [0.4, 0.5) is 0 Å². The van der Waals surface area contributed by atoms with E-state index in [2.05, 4.69) is 169 Å². The summed E-state index contributed by atoms with van der Waals surface area (Å²) in [7, 11) is 2.04. The molecule has 0 radical (unpaired) electrons. The van der Waals surface area contributed by atoms with Crippen molar-refractivity contribution in [3.8, 4) is 22.5 Å². The van der Waals surface area contributed by atoms with Crippen LogP contribution in [0.25, 0.3) is 28.1 Å². The van der Waals surface area contributed by atoms with Crippen LogP contribution in [0.5, 0.6) is 0 Å². The number of rotatable bonds is 14. The van der Waals surface area contributed by atoms with Gasteiger partial charge in [0.05, 0.1) is 11.4 Å². The van der Waals surface area contributed by atoms with E-state index in [4.69, 9.17) is 15.4 Å². The molecule has 0 aliphatic rings. The summed E-state index contributed by atoms with van der Waals surface area (Å²) in [5.41, 5.74) is 14.2. The van der Waals surface area contributed by atoms with Gasteiger partial charge in [-0.05, 0) is 84.3 Å². The van der Waals surface area contributed by atoms with E-state index in [1.165, 1.54) is 33.4 Å². The van der Waals surface area contributed by atoms with Crippen molar-refractivity contribution in [2.45, 2.75) is 46.1 Å². The number of allylic oxidation sites excluding steroid dienone is 6. The zero-order chi connectivity index (χ0) is 42.4. The molecule has 0 amide bonds. The van der Waals surface area contributed by atoms with E-state index in [1.54, 1.807) is 0 Å². The molecular formula is C56H53N5. The molecule has 302 valence electrons. The van der Waals surface area contributed by atoms with Gasteiger partial charge in [0.1, 0.15) is 5.84 Å². The van der Waals surface area contributed by atoms with Gasteiger partial charge < -0.3 is 4.90 Å². The molecule has 61 heavy (non-hydrogen) atoms. The molecule has 7 aromatic rings. The summed E-state index contributed by atoms with van der Waals surface area (Å²) in [6, 6.07) is 56.3. The molecule has 5 aromatic carbocycles. The van der Waals surface area contributed by atoms with Crippen molar-refractivity contribution in [3.05, 3.63) is 245 Å². The minimum atomic E-state index is 0.0928. The zero-order valence-corrected chi connectivity index (χ0v) is 35.5. The standard InChI is InChI=1S/C56H53N5/c1-5-6-7-15-28-46(37-43-22-11-8-12-23-43)42(3)54-50(41(2)49-31-21-36-58-39-49)32-19-33-51(54)53-35-20-34-52(59-53)47-29-18-30-48(38-47)56(60-55(57)45-26-16-10-17-27-45)61(4)40-44-24-13-9-14-25-44/h5-27,29-36,38-39,41,57H,28,37,40H2,1-4H3/b6-5-,15-7?,46-42-,57-55?,60-56?. The van der Waals surface area contributed by atoms with Crippen LogP contribution in [0.15, 0.2) is 211 Å². The first-order valence-electron chi connectivity index (χ1n) is 21.0. The van der Waals surface area contributed by atoms with Gasteiger partial charge in [-0.15, -0.1) is 0 Å². The second-order valence-electron chi connectivity index (χ2n) is 15.3. The van der Waals surface area contributed by atoms with Crippen LogP contribution in [-0.2, 0) is 13.0 Å². The summed E-state index contributed by atoms with van der Waals surface area (Å²) in [5.74, 6) is 1.02. The number of nitrogens with zero attached hydrogens (tertiary/aromatic N) is 4. The molecule has 7 rings (SSSR count). The number of aromatic nitrogens is 2. The van der Waals surface area contributed by atoms with Gasteiger partial charge in [0.2, 0.25) is 0 Å². The third kappa shape index (κ3) is 10.7. The Morgan fingerprint density at radius 1 is 0.721 bits per heavy atom. The molecule has 0 saturated carbocycles. The minimum absolute atomic E-state index is 0.0928. The normalized spacial score (nSPS) is 12.7. The lowest BCUT2D eigenvalue weighted by Crippen LogP contribution is -2.28. The van der Waals surface area contributed by atoms with Crippen molar-refractivity contribution < 1.29 is 0 Å². The highest BCUT2D eigenvalue weighted by Gasteiger charge is 2.21. The maximum atomic E-state index is 8.99. The lowest BCUT2D eigenvalue weighted by Gasteiger charge is -2.23. The lowest BCUT2D eigenvalue weighted by molar-refractivity contribution is 0.502. The number of amidine groups is 2. The van der Waals surface area contributed by atoms with Crippen molar-refractivity contribution in [2.75, 3.05) is 7.05 Å². The first-order valence-corrected chi connectivity index (χ1v) is 21.0. The average molecular weight is 796 g/mol. The molecular weight excluding hydrogens is 743 g/mol. The van der Waals surface area contributed by atoms with Crippen LogP contribution in [0.2, 0.25) is 0 Å². The predicted molar refractivity (Wildman–Crippen MR) is 256 cm³/mol. The van der Waals surface area contributed by atoms with Crippen molar-refractivity contribution in [1.29, 1.82) is 5.41 Å². The Labute approximate surface area is 361 Å². The maximum Gasteiger partial charge on any atom is 0.154 e. The highest BCUT2D eigenvalue weighted by atomic mass is 15.2. The second kappa shape index (κ2) is 20.6. The van der Waals surface area contributed by atoms with E-state index >= 15 is 0 Å². The Morgan fingerprint density at radius 2 is 1.39 bits per heavy atom. The summed E-state index contributed by atoms with van der Waals surface area (Å²) in [6.45, 7) is 7.25. The summed E-state index contributed by atoms with van der Waals surface area (Å²) in [5, 5.41) is 8.99. The zero-order valence-electron chi connectivity index (χ0n) is 35.5. The van der Waals surface area contributed by atoms with Crippen molar-refractivity contribution in [1.82, 2.24) is 14.9 Å². The smallest absolute Gasteiger partial charge is 0.154 e. The van der Waals surface area contributed by atoms with Crippen molar-refractivity contribution >= 4 is 17.2 Å². The largest absolute Gasteiger partial charge is 0.355 e. The van der Waals surface area contributed by atoms with Crippen LogP contribution in [0.1, 0.15) is 72.1 Å². The van der Waals surface area contributed by atoms with Gasteiger partial charge in [0.25, 0.3) is 0 Å². The SMILES string of the molecule is C/C=C\C=CC/C(Cc1ccccc1)=C(\C)c1c(-c2cccc(-c3cccc(C(=NC(=N)c4ccccc4)N(C)Cc4ccccc4)c3)n2)cccc1C(C)c1cccnc1. The van der Waals surface area contributed by atoms with Gasteiger partial charge in [0, 0.05) is 54.2 Å². The number of pyridine rings is 2. The lowest BCUT2D eigenvalue weighted by atomic mass is 9.82. The summed E-state index contributed by atoms with van der Waals surface area (Å²) >= 11 is 0. The number of benzene rings is 5. The molecule has 2 heterocycles. The number of nitrogens with one attached hydrogen (secondary N) is 1. The van der Waals surface area contributed by atoms with Gasteiger partial charge in [-0.1, -0.05) is 176 Å². The Balaban J connectivity index is 1.34. The van der Waals surface area contributed by atoms with Crippen LogP contribution >= 0.6 is 0 Å². The molecule has 0 spiro atoms. The molecule has 0 saturated heterocycles. The number of hydrogen-bond donors (Lipinski definition) is 1. The van der Waals surface area contributed by atoms with Gasteiger partial charge in [0.15, 0.2) is 5.84 Å². The second-order valence-corrected chi connectivity index (χ2v) is 15.3. The monoisotopic (exact) mass is 795 g/mol. The topological polar surface area (TPSA) is 65.2 Å². The van der Waals surface area contributed by atoms with E-state index in [0.717, 1.165) is 52.0 Å². The van der Waals surface area contributed by atoms with E-state index < -0.39 is 0 Å². The quantitative estimate of drug-likeness (QED) is 0.0677. The maximum absolute atomic E-state index is 8.99. The molecule has 2 aromatic heterocycles. The first-order chi connectivity index (χ1) is 29.9. The predicted octanol–water partition coefficient (Wildman–Crippen LogP) is 13.4.